The topological polar surface area (TPSA) is 87.3 Å². The molecule has 3 amide bonds. The Morgan fingerprint density at radius 3 is 2.26 bits per heavy atom. The molecular weight excluding hydrogens is 369 g/mol. The first-order valence-corrected chi connectivity index (χ1v) is 9.21. The first-order valence-electron chi connectivity index (χ1n) is 8.22. The molecule has 6 nitrogen and oxygen atoms in total. The van der Waals surface area contributed by atoms with Gasteiger partial charge in [-0.3, -0.25) is 25.2 Å². The van der Waals surface area contributed by atoms with Crippen molar-refractivity contribution in [1.82, 2.24) is 16.2 Å². The first kappa shape index (κ1) is 20.4. The highest BCUT2D eigenvalue weighted by atomic mass is 32.2. The number of halogens is 1. The van der Waals surface area contributed by atoms with Gasteiger partial charge >= 0.3 is 0 Å². The normalized spacial score (nSPS) is 11.3. The molecule has 0 fully saturated rings. The molecule has 2 rings (SSSR count). The van der Waals surface area contributed by atoms with Crippen LogP contribution in [0.1, 0.15) is 24.9 Å². The van der Waals surface area contributed by atoms with Crippen LogP contribution in [0, 0.1) is 5.82 Å². The minimum absolute atomic E-state index is 0.0374. The number of benzene rings is 2. The fourth-order valence-corrected chi connectivity index (χ4v) is 3.04. The molecule has 3 N–H and O–H groups in total. The van der Waals surface area contributed by atoms with E-state index in [1.54, 1.807) is 30.3 Å². The van der Waals surface area contributed by atoms with E-state index in [2.05, 4.69) is 16.2 Å². The molecule has 0 saturated heterocycles. The molecule has 0 unspecified atom stereocenters. The first-order chi connectivity index (χ1) is 13.0. The summed E-state index contributed by atoms with van der Waals surface area (Å²) in [6.07, 6.45) is -0.0374. The molecule has 27 heavy (non-hydrogen) atoms. The monoisotopic (exact) mass is 389 g/mol. The van der Waals surface area contributed by atoms with Crippen molar-refractivity contribution in [2.45, 2.75) is 24.3 Å². The molecule has 0 aromatic heterocycles. The number of amides is 3. The van der Waals surface area contributed by atoms with E-state index in [1.807, 2.05) is 18.2 Å². The summed E-state index contributed by atoms with van der Waals surface area (Å²) in [4.78, 5) is 35.7. The van der Waals surface area contributed by atoms with Gasteiger partial charge < -0.3 is 5.32 Å². The fraction of sp³-hybridized carbons (Fsp3) is 0.211. The van der Waals surface area contributed by atoms with Gasteiger partial charge in [-0.2, -0.15) is 0 Å². The number of carbonyl (C=O) groups excluding carboxylic acids is 3. The van der Waals surface area contributed by atoms with E-state index in [0.29, 0.717) is 4.90 Å². The number of hydrogen-bond donors (Lipinski definition) is 3. The van der Waals surface area contributed by atoms with Crippen molar-refractivity contribution in [3.63, 3.8) is 0 Å². The van der Waals surface area contributed by atoms with Gasteiger partial charge in [-0.1, -0.05) is 42.5 Å². The minimum Gasteiger partial charge on any atom is -0.349 e. The summed E-state index contributed by atoms with van der Waals surface area (Å²) < 4.78 is 13.5. The van der Waals surface area contributed by atoms with Crippen LogP contribution in [0.15, 0.2) is 59.5 Å². The maximum absolute atomic E-state index is 13.5. The SMILES string of the molecule is CC(=O)N[C@H](CC(=O)NNC(=O)CSc1ccccc1F)c1ccccc1. The molecule has 142 valence electrons. The quantitative estimate of drug-likeness (QED) is 0.501. The Morgan fingerprint density at radius 2 is 1.59 bits per heavy atom. The summed E-state index contributed by atoms with van der Waals surface area (Å²) in [6.45, 7) is 1.37. The molecule has 0 bridgehead atoms. The van der Waals surface area contributed by atoms with E-state index in [-0.39, 0.29) is 18.1 Å². The molecule has 0 heterocycles. The highest BCUT2D eigenvalue weighted by Gasteiger charge is 2.17. The molecular formula is C19H20FN3O3S. The van der Waals surface area contributed by atoms with Gasteiger partial charge in [-0.05, 0) is 17.7 Å². The zero-order valence-electron chi connectivity index (χ0n) is 14.7. The number of nitrogens with one attached hydrogen (secondary N) is 3. The van der Waals surface area contributed by atoms with Crippen molar-refractivity contribution in [1.29, 1.82) is 0 Å². The molecule has 0 saturated carbocycles. The molecule has 2 aromatic rings. The maximum Gasteiger partial charge on any atom is 0.248 e. The molecule has 1 atom stereocenters. The van der Waals surface area contributed by atoms with E-state index < -0.39 is 23.7 Å². The lowest BCUT2D eigenvalue weighted by Gasteiger charge is -2.18. The number of carbonyl (C=O) groups is 3. The summed E-state index contributed by atoms with van der Waals surface area (Å²) >= 11 is 1.03. The lowest BCUT2D eigenvalue weighted by molar-refractivity contribution is -0.128. The molecule has 0 aliphatic rings. The third-order valence-corrected chi connectivity index (χ3v) is 4.55. The Hall–Kier alpha value is -2.87. The van der Waals surface area contributed by atoms with Crippen LogP contribution >= 0.6 is 11.8 Å². The van der Waals surface area contributed by atoms with Crippen LogP contribution in [0.2, 0.25) is 0 Å². The van der Waals surface area contributed by atoms with Gasteiger partial charge in [0, 0.05) is 11.8 Å². The van der Waals surface area contributed by atoms with Crippen LogP contribution < -0.4 is 16.2 Å². The summed E-state index contributed by atoms with van der Waals surface area (Å²) in [5, 5.41) is 2.71. The smallest absolute Gasteiger partial charge is 0.248 e. The molecule has 0 aliphatic carbocycles. The third kappa shape index (κ3) is 7.10. The predicted octanol–water partition coefficient (Wildman–Crippen LogP) is 2.33. The van der Waals surface area contributed by atoms with Gasteiger partial charge in [-0.15, -0.1) is 11.8 Å². The average molecular weight is 389 g/mol. The van der Waals surface area contributed by atoms with Crippen LogP contribution in [-0.4, -0.2) is 23.5 Å². The van der Waals surface area contributed by atoms with E-state index in [9.17, 15) is 18.8 Å². The Labute approximate surface area is 160 Å². The van der Waals surface area contributed by atoms with Gasteiger partial charge in [0.25, 0.3) is 0 Å². The number of rotatable bonds is 7. The summed E-state index contributed by atoms with van der Waals surface area (Å²) in [5.41, 5.74) is 5.38. The largest absolute Gasteiger partial charge is 0.349 e. The van der Waals surface area contributed by atoms with Crippen molar-refractivity contribution in [2.75, 3.05) is 5.75 Å². The molecule has 0 aliphatic heterocycles. The van der Waals surface area contributed by atoms with E-state index in [1.165, 1.54) is 13.0 Å². The number of hydrogen-bond acceptors (Lipinski definition) is 4. The second-order valence-corrected chi connectivity index (χ2v) is 6.70. The van der Waals surface area contributed by atoms with E-state index >= 15 is 0 Å². The van der Waals surface area contributed by atoms with Crippen molar-refractivity contribution in [3.8, 4) is 0 Å². The second-order valence-electron chi connectivity index (χ2n) is 5.68. The highest BCUT2D eigenvalue weighted by molar-refractivity contribution is 8.00. The Bertz CT molecular complexity index is 802. The van der Waals surface area contributed by atoms with Gasteiger partial charge in [0.2, 0.25) is 17.7 Å². The number of hydrazine groups is 1. The zero-order chi connectivity index (χ0) is 19.6. The Morgan fingerprint density at radius 1 is 0.963 bits per heavy atom. The minimum atomic E-state index is -0.506. The Balaban J connectivity index is 1.82. The van der Waals surface area contributed by atoms with Crippen LogP contribution in [-0.2, 0) is 14.4 Å². The van der Waals surface area contributed by atoms with E-state index in [0.717, 1.165) is 17.3 Å². The highest BCUT2D eigenvalue weighted by Crippen LogP contribution is 2.20. The molecule has 0 spiro atoms. The second kappa shape index (κ2) is 10.3. The standard InChI is InChI=1S/C19H20FN3O3S/c1-13(24)21-16(14-7-3-2-4-8-14)11-18(25)22-23-19(26)12-27-17-10-6-5-9-15(17)20/h2-10,16H,11-12H2,1H3,(H,21,24)(H,22,25)(H,23,26)/t16-/m1/s1. The predicted molar refractivity (Wildman–Crippen MR) is 101 cm³/mol. The van der Waals surface area contributed by atoms with Gasteiger partial charge in [-0.25, -0.2) is 4.39 Å². The van der Waals surface area contributed by atoms with Crippen LogP contribution in [0.5, 0.6) is 0 Å². The molecule has 8 heteroatoms. The summed E-state index contributed by atoms with van der Waals surface area (Å²) in [5.74, 6) is -1.63. The lowest BCUT2D eigenvalue weighted by atomic mass is 10.0. The van der Waals surface area contributed by atoms with Crippen molar-refractivity contribution < 1.29 is 18.8 Å². The Kier molecular flexibility index (Phi) is 7.81. The zero-order valence-corrected chi connectivity index (χ0v) is 15.5. The van der Waals surface area contributed by atoms with Gasteiger partial charge in [0.15, 0.2) is 0 Å². The number of thioether (sulfide) groups is 1. The van der Waals surface area contributed by atoms with Crippen molar-refractivity contribution in [3.05, 3.63) is 66.0 Å². The third-order valence-electron chi connectivity index (χ3n) is 3.51. The average Bonchev–Trinajstić information content (AvgIpc) is 2.65. The van der Waals surface area contributed by atoms with E-state index in [4.69, 9.17) is 0 Å². The summed E-state index contributed by atoms with van der Waals surface area (Å²) in [7, 11) is 0. The van der Waals surface area contributed by atoms with Crippen molar-refractivity contribution in [2.24, 2.45) is 0 Å². The molecule has 2 aromatic carbocycles. The van der Waals surface area contributed by atoms with Gasteiger partial charge in [0.1, 0.15) is 5.82 Å². The van der Waals surface area contributed by atoms with Crippen LogP contribution in [0.3, 0.4) is 0 Å². The maximum atomic E-state index is 13.5. The fourth-order valence-electron chi connectivity index (χ4n) is 2.30. The lowest BCUT2D eigenvalue weighted by Crippen LogP contribution is -2.44. The van der Waals surface area contributed by atoms with Crippen molar-refractivity contribution >= 4 is 29.5 Å². The van der Waals surface area contributed by atoms with Gasteiger partial charge in [0.05, 0.1) is 18.2 Å². The van der Waals surface area contributed by atoms with Crippen LogP contribution in [0.25, 0.3) is 0 Å². The summed E-state index contributed by atoms with van der Waals surface area (Å²) in [6, 6.07) is 14.7. The molecule has 0 radical (unpaired) electrons. The van der Waals surface area contributed by atoms with Crippen LogP contribution in [0.4, 0.5) is 4.39 Å².